The van der Waals surface area contributed by atoms with E-state index in [1.165, 1.54) is 12.8 Å². The Morgan fingerprint density at radius 1 is 1.00 bits per heavy atom. The molecule has 4 nitrogen and oxygen atoms in total. The average molecular weight is 381 g/mol. The van der Waals surface area contributed by atoms with Gasteiger partial charge in [-0.15, -0.1) is 0 Å². The SMILES string of the molecule is O=C(Nc1ccccc1Sc1ccccc1)[C@@H]1CC(=O)N(C2CCCC2)C1. The molecule has 1 N–H and O–H groups in total. The maximum absolute atomic E-state index is 12.8. The number of carbonyl (C=O) groups is 2. The van der Waals surface area contributed by atoms with Gasteiger partial charge in [0.25, 0.3) is 0 Å². The van der Waals surface area contributed by atoms with Gasteiger partial charge in [0.1, 0.15) is 0 Å². The van der Waals surface area contributed by atoms with Crippen LogP contribution in [0.2, 0.25) is 0 Å². The first-order valence-electron chi connectivity index (χ1n) is 9.63. The van der Waals surface area contributed by atoms with E-state index in [-0.39, 0.29) is 17.7 Å². The summed E-state index contributed by atoms with van der Waals surface area (Å²) in [5.41, 5.74) is 0.808. The molecule has 1 heterocycles. The van der Waals surface area contributed by atoms with E-state index in [4.69, 9.17) is 0 Å². The molecule has 2 fully saturated rings. The van der Waals surface area contributed by atoms with E-state index in [0.29, 0.717) is 19.0 Å². The van der Waals surface area contributed by atoms with Crippen molar-refractivity contribution in [3.8, 4) is 0 Å². The molecule has 140 valence electrons. The van der Waals surface area contributed by atoms with Crippen molar-refractivity contribution in [2.45, 2.75) is 47.9 Å². The second-order valence-corrected chi connectivity index (χ2v) is 8.40. The lowest BCUT2D eigenvalue weighted by molar-refractivity contribution is -0.129. The number of rotatable bonds is 5. The highest BCUT2D eigenvalue weighted by Gasteiger charge is 2.38. The van der Waals surface area contributed by atoms with Crippen molar-refractivity contribution in [2.75, 3.05) is 11.9 Å². The molecule has 1 saturated carbocycles. The Hall–Kier alpha value is -2.27. The number of hydrogen-bond acceptors (Lipinski definition) is 3. The molecule has 1 atom stereocenters. The normalized spacial score (nSPS) is 20.2. The largest absolute Gasteiger partial charge is 0.339 e. The minimum Gasteiger partial charge on any atom is -0.339 e. The van der Waals surface area contributed by atoms with Gasteiger partial charge in [0.15, 0.2) is 0 Å². The van der Waals surface area contributed by atoms with Crippen molar-refractivity contribution in [1.29, 1.82) is 0 Å². The first-order chi connectivity index (χ1) is 13.2. The lowest BCUT2D eigenvalue weighted by atomic mass is 10.1. The summed E-state index contributed by atoms with van der Waals surface area (Å²) in [5.74, 6) is -0.174. The molecule has 0 aromatic heterocycles. The molecule has 1 aliphatic heterocycles. The van der Waals surface area contributed by atoms with Crippen molar-refractivity contribution >= 4 is 29.3 Å². The third-order valence-corrected chi connectivity index (χ3v) is 6.49. The van der Waals surface area contributed by atoms with Crippen molar-refractivity contribution in [3.05, 3.63) is 54.6 Å². The molecule has 0 spiro atoms. The molecule has 0 bridgehead atoms. The summed E-state index contributed by atoms with van der Waals surface area (Å²) in [4.78, 5) is 29.3. The maximum Gasteiger partial charge on any atom is 0.229 e. The van der Waals surface area contributed by atoms with Crippen LogP contribution in [-0.4, -0.2) is 29.3 Å². The summed E-state index contributed by atoms with van der Waals surface area (Å²) in [7, 11) is 0. The van der Waals surface area contributed by atoms with E-state index in [0.717, 1.165) is 28.3 Å². The summed E-state index contributed by atoms with van der Waals surface area (Å²) >= 11 is 1.63. The monoisotopic (exact) mass is 380 g/mol. The number of likely N-dealkylation sites (tertiary alicyclic amines) is 1. The summed E-state index contributed by atoms with van der Waals surface area (Å²) in [6, 6.07) is 18.3. The molecule has 27 heavy (non-hydrogen) atoms. The highest BCUT2D eigenvalue weighted by Crippen LogP contribution is 2.34. The lowest BCUT2D eigenvalue weighted by Gasteiger charge is -2.24. The van der Waals surface area contributed by atoms with Crippen LogP contribution in [0.3, 0.4) is 0 Å². The molecule has 1 saturated heterocycles. The number of hydrogen-bond donors (Lipinski definition) is 1. The van der Waals surface area contributed by atoms with Crippen LogP contribution in [0, 0.1) is 5.92 Å². The van der Waals surface area contributed by atoms with Crippen molar-refractivity contribution < 1.29 is 9.59 Å². The number of benzene rings is 2. The molecule has 2 aromatic carbocycles. The summed E-state index contributed by atoms with van der Waals surface area (Å²) < 4.78 is 0. The third kappa shape index (κ3) is 4.19. The quantitative estimate of drug-likeness (QED) is 0.827. The second kappa shape index (κ2) is 8.17. The minimum atomic E-state index is -0.257. The number of amides is 2. The zero-order valence-corrected chi connectivity index (χ0v) is 16.1. The fourth-order valence-corrected chi connectivity index (χ4v) is 4.91. The van der Waals surface area contributed by atoms with Gasteiger partial charge >= 0.3 is 0 Å². The number of para-hydroxylation sites is 1. The van der Waals surface area contributed by atoms with E-state index in [1.54, 1.807) is 11.8 Å². The zero-order valence-electron chi connectivity index (χ0n) is 15.3. The van der Waals surface area contributed by atoms with E-state index >= 15 is 0 Å². The van der Waals surface area contributed by atoms with Crippen LogP contribution in [0.4, 0.5) is 5.69 Å². The topological polar surface area (TPSA) is 49.4 Å². The zero-order chi connectivity index (χ0) is 18.6. The van der Waals surface area contributed by atoms with Gasteiger partial charge in [0.05, 0.1) is 11.6 Å². The number of anilines is 1. The van der Waals surface area contributed by atoms with Crippen molar-refractivity contribution in [3.63, 3.8) is 0 Å². The Morgan fingerprint density at radius 3 is 2.48 bits per heavy atom. The third-order valence-electron chi connectivity index (χ3n) is 5.41. The van der Waals surface area contributed by atoms with E-state index in [9.17, 15) is 9.59 Å². The second-order valence-electron chi connectivity index (χ2n) is 7.29. The fraction of sp³-hybridized carbons (Fsp3) is 0.364. The van der Waals surface area contributed by atoms with Gasteiger partial charge in [-0.1, -0.05) is 54.9 Å². The minimum absolute atomic E-state index is 0.0510. The Balaban J connectivity index is 1.43. The highest BCUT2D eigenvalue weighted by molar-refractivity contribution is 7.99. The Labute approximate surface area is 164 Å². The highest BCUT2D eigenvalue weighted by atomic mass is 32.2. The molecule has 2 amide bonds. The molecular weight excluding hydrogens is 356 g/mol. The van der Waals surface area contributed by atoms with Crippen LogP contribution in [0.5, 0.6) is 0 Å². The summed E-state index contributed by atoms with van der Waals surface area (Å²) in [6.07, 6.45) is 4.87. The standard InChI is InChI=1S/C22H24N2O2S/c25-21-14-16(15-24(21)17-8-4-5-9-17)22(26)23-19-12-6-7-13-20(19)27-18-10-2-1-3-11-18/h1-3,6-7,10-13,16-17H,4-5,8-9,14-15H2,(H,23,26)/t16-/m1/s1. The molecule has 2 aliphatic rings. The predicted octanol–water partition coefficient (Wildman–Crippen LogP) is 4.57. The lowest BCUT2D eigenvalue weighted by Crippen LogP contribution is -2.35. The summed E-state index contributed by atoms with van der Waals surface area (Å²) in [5, 5.41) is 3.07. The Kier molecular flexibility index (Phi) is 5.48. The first-order valence-corrected chi connectivity index (χ1v) is 10.4. The first kappa shape index (κ1) is 18.1. The Bertz CT molecular complexity index is 818. The van der Waals surface area contributed by atoms with Crippen molar-refractivity contribution in [1.82, 2.24) is 4.90 Å². The van der Waals surface area contributed by atoms with E-state index in [1.807, 2.05) is 47.4 Å². The molecule has 0 radical (unpaired) electrons. The van der Waals surface area contributed by atoms with Gasteiger partial charge in [0, 0.05) is 28.8 Å². The molecule has 2 aromatic rings. The van der Waals surface area contributed by atoms with Crippen LogP contribution in [0.1, 0.15) is 32.1 Å². The van der Waals surface area contributed by atoms with Gasteiger partial charge in [-0.3, -0.25) is 9.59 Å². The molecular formula is C22H24N2O2S. The number of nitrogens with zero attached hydrogens (tertiary/aromatic N) is 1. The Morgan fingerprint density at radius 2 is 1.70 bits per heavy atom. The molecule has 5 heteroatoms. The smallest absolute Gasteiger partial charge is 0.229 e. The van der Waals surface area contributed by atoms with Gasteiger partial charge < -0.3 is 10.2 Å². The van der Waals surface area contributed by atoms with Gasteiger partial charge in [-0.05, 0) is 37.1 Å². The van der Waals surface area contributed by atoms with Crippen LogP contribution >= 0.6 is 11.8 Å². The predicted molar refractivity (Wildman–Crippen MR) is 108 cm³/mol. The number of nitrogens with one attached hydrogen (secondary N) is 1. The maximum atomic E-state index is 12.8. The summed E-state index contributed by atoms with van der Waals surface area (Å²) in [6.45, 7) is 0.559. The molecule has 0 unspecified atom stereocenters. The van der Waals surface area contributed by atoms with Gasteiger partial charge in [-0.25, -0.2) is 0 Å². The van der Waals surface area contributed by atoms with E-state index in [2.05, 4.69) is 17.4 Å². The molecule has 1 aliphatic carbocycles. The van der Waals surface area contributed by atoms with Gasteiger partial charge in [-0.2, -0.15) is 0 Å². The average Bonchev–Trinajstić information content (AvgIpc) is 3.33. The van der Waals surface area contributed by atoms with E-state index < -0.39 is 0 Å². The number of carbonyl (C=O) groups excluding carboxylic acids is 2. The van der Waals surface area contributed by atoms with Crippen LogP contribution in [0.25, 0.3) is 0 Å². The van der Waals surface area contributed by atoms with Gasteiger partial charge in [0.2, 0.25) is 11.8 Å². The van der Waals surface area contributed by atoms with Crippen LogP contribution in [-0.2, 0) is 9.59 Å². The van der Waals surface area contributed by atoms with Crippen LogP contribution < -0.4 is 5.32 Å². The fourth-order valence-electron chi connectivity index (χ4n) is 3.99. The van der Waals surface area contributed by atoms with Crippen molar-refractivity contribution in [2.24, 2.45) is 5.92 Å². The van der Waals surface area contributed by atoms with Crippen LogP contribution in [0.15, 0.2) is 64.4 Å². The molecule has 4 rings (SSSR count).